The van der Waals surface area contributed by atoms with Crippen LogP contribution in [0.15, 0.2) is 67.0 Å². The summed E-state index contributed by atoms with van der Waals surface area (Å²) in [4.78, 5) is 4.67. The normalized spacial score (nSPS) is 10.5. The molecule has 2 aromatic carbocycles. The lowest BCUT2D eigenvalue weighted by molar-refractivity contribution is 0.639. The Morgan fingerprint density at radius 3 is 2.60 bits per heavy atom. The molecular formula is C19H14N6. The van der Waals surface area contributed by atoms with Gasteiger partial charge in [0.2, 0.25) is 0 Å². The molecule has 0 spiro atoms. The lowest BCUT2D eigenvalue weighted by atomic mass is 10.1. The Morgan fingerprint density at radius 2 is 1.84 bits per heavy atom. The van der Waals surface area contributed by atoms with Crippen LogP contribution >= 0.6 is 0 Å². The Labute approximate surface area is 144 Å². The van der Waals surface area contributed by atoms with Gasteiger partial charge in [0.1, 0.15) is 6.07 Å². The summed E-state index contributed by atoms with van der Waals surface area (Å²) in [6, 6.07) is 19.9. The number of nitriles is 1. The van der Waals surface area contributed by atoms with Gasteiger partial charge in [-0.05, 0) is 18.2 Å². The molecule has 0 bridgehead atoms. The molecule has 0 unspecified atom stereocenters. The van der Waals surface area contributed by atoms with E-state index in [1.54, 1.807) is 17.1 Å². The first-order valence-corrected chi connectivity index (χ1v) is 7.83. The number of fused-ring (bicyclic) bond motifs is 1. The molecule has 0 saturated carbocycles. The largest absolute Gasteiger partial charge is 0.354 e. The molecule has 4 rings (SSSR count). The second-order valence-corrected chi connectivity index (χ2v) is 5.53. The Hall–Kier alpha value is -3.72. The lowest BCUT2D eigenvalue weighted by Gasteiger charge is -2.14. The first-order valence-electron chi connectivity index (χ1n) is 7.83. The Morgan fingerprint density at radius 1 is 1.04 bits per heavy atom. The van der Waals surface area contributed by atoms with E-state index in [9.17, 15) is 5.26 Å². The van der Waals surface area contributed by atoms with Crippen LogP contribution < -0.4 is 5.32 Å². The number of hydrogen-bond acceptors (Lipinski definition) is 5. The summed E-state index contributed by atoms with van der Waals surface area (Å²) in [7, 11) is 0. The molecule has 0 aliphatic rings. The fourth-order valence-corrected chi connectivity index (χ4v) is 2.76. The number of anilines is 2. The molecule has 6 nitrogen and oxygen atoms in total. The van der Waals surface area contributed by atoms with Crippen molar-refractivity contribution in [3.63, 3.8) is 0 Å². The molecule has 25 heavy (non-hydrogen) atoms. The van der Waals surface area contributed by atoms with E-state index in [-0.39, 0.29) is 0 Å². The lowest BCUT2D eigenvalue weighted by Crippen LogP contribution is -2.08. The minimum Gasteiger partial charge on any atom is -0.354 e. The summed E-state index contributed by atoms with van der Waals surface area (Å²) in [6.07, 6.45) is 3.36. The SMILES string of the molecule is N#Cc1c(Cn2ccnn2)nc2ccccc2c1Nc1ccccc1. The van der Waals surface area contributed by atoms with Gasteiger partial charge in [0, 0.05) is 17.3 Å². The third kappa shape index (κ3) is 2.91. The van der Waals surface area contributed by atoms with E-state index in [2.05, 4.69) is 26.7 Å². The highest BCUT2D eigenvalue weighted by atomic mass is 15.4. The fourth-order valence-electron chi connectivity index (χ4n) is 2.76. The molecule has 6 heteroatoms. The van der Waals surface area contributed by atoms with Crippen molar-refractivity contribution in [2.24, 2.45) is 0 Å². The van der Waals surface area contributed by atoms with Gasteiger partial charge in [-0.2, -0.15) is 5.26 Å². The highest BCUT2D eigenvalue weighted by Gasteiger charge is 2.16. The zero-order valence-electron chi connectivity index (χ0n) is 13.3. The van der Waals surface area contributed by atoms with Crippen LogP contribution in [0.5, 0.6) is 0 Å². The molecule has 2 heterocycles. The van der Waals surface area contributed by atoms with Crippen LogP contribution in [0.25, 0.3) is 10.9 Å². The first kappa shape index (κ1) is 14.8. The third-order valence-corrected chi connectivity index (χ3v) is 3.91. The van der Waals surface area contributed by atoms with Crippen molar-refractivity contribution >= 4 is 22.3 Å². The van der Waals surface area contributed by atoms with Crippen molar-refractivity contribution in [2.75, 3.05) is 5.32 Å². The maximum Gasteiger partial charge on any atom is 0.103 e. The highest BCUT2D eigenvalue weighted by molar-refractivity contribution is 5.96. The maximum atomic E-state index is 9.79. The smallest absolute Gasteiger partial charge is 0.103 e. The standard InChI is InChI=1S/C19H14N6/c20-12-16-18(13-25-11-10-21-24-25)23-17-9-5-4-8-15(17)19(16)22-14-6-2-1-3-7-14/h1-11H,13H2,(H,22,23). The van der Waals surface area contributed by atoms with Crippen LogP contribution in [0.1, 0.15) is 11.3 Å². The van der Waals surface area contributed by atoms with E-state index in [1.165, 1.54) is 0 Å². The number of nitrogens with one attached hydrogen (secondary N) is 1. The fraction of sp³-hybridized carbons (Fsp3) is 0.0526. The van der Waals surface area contributed by atoms with Crippen LogP contribution in [-0.4, -0.2) is 20.0 Å². The highest BCUT2D eigenvalue weighted by Crippen LogP contribution is 2.31. The van der Waals surface area contributed by atoms with Gasteiger partial charge in [-0.1, -0.05) is 41.6 Å². The maximum absolute atomic E-state index is 9.79. The predicted molar refractivity (Wildman–Crippen MR) is 95.3 cm³/mol. The van der Waals surface area contributed by atoms with Crippen molar-refractivity contribution in [3.05, 3.63) is 78.2 Å². The first-order chi connectivity index (χ1) is 12.3. The number of para-hydroxylation sites is 2. The summed E-state index contributed by atoms with van der Waals surface area (Å²) in [5.74, 6) is 0. The Kier molecular flexibility index (Phi) is 3.81. The number of aromatic nitrogens is 4. The molecule has 0 radical (unpaired) electrons. The number of rotatable bonds is 4. The van der Waals surface area contributed by atoms with Gasteiger partial charge in [0.15, 0.2) is 0 Å². The third-order valence-electron chi connectivity index (χ3n) is 3.91. The molecule has 0 fully saturated rings. The van der Waals surface area contributed by atoms with Crippen molar-refractivity contribution in [1.29, 1.82) is 5.26 Å². The monoisotopic (exact) mass is 326 g/mol. The van der Waals surface area contributed by atoms with Crippen molar-refractivity contribution < 1.29 is 0 Å². The van der Waals surface area contributed by atoms with E-state index in [0.717, 1.165) is 22.3 Å². The molecule has 0 saturated heterocycles. The van der Waals surface area contributed by atoms with Crippen molar-refractivity contribution in [1.82, 2.24) is 20.0 Å². The molecule has 0 aliphatic carbocycles. The number of nitrogens with zero attached hydrogens (tertiary/aromatic N) is 5. The van der Waals surface area contributed by atoms with Crippen LogP contribution in [0, 0.1) is 11.3 Å². The van der Waals surface area contributed by atoms with E-state index in [1.807, 2.05) is 54.6 Å². The van der Waals surface area contributed by atoms with Gasteiger partial charge in [-0.3, -0.25) is 0 Å². The molecule has 0 amide bonds. The zero-order chi connectivity index (χ0) is 17.1. The predicted octanol–water partition coefficient (Wildman–Crippen LogP) is 3.49. The van der Waals surface area contributed by atoms with Crippen LogP contribution in [0.2, 0.25) is 0 Å². The number of pyridine rings is 1. The molecule has 4 aromatic rings. The van der Waals surface area contributed by atoms with Gasteiger partial charge >= 0.3 is 0 Å². The minimum absolute atomic E-state index is 0.386. The second kappa shape index (κ2) is 6.42. The number of hydrogen-bond donors (Lipinski definition) is 1. The second-order valence-electron chi connectivity index (χ2n) is 5.53. The average Bonchev–Trinajstić information content (AvgIpc) is 3.16. The van der Waals surface area contributed by atoms with E-state index >= 15 is 0 Å². The summed E-state index contributed by atoms with van der Waals surface area (Å²) < 4.78 is 1.66. The van der Waals surface area contributed by atoms with Crippen LogP contribution in [0.4, 0.5) is 11.4 Å². The molecular weight excluding hydrogens is 312 g/mol. The molecule has 120 valence electrons. The molecule has 0 aliphatic heterocycles. The minimum atomic E-state index is 0.386. The Balaban J connectivity index is 1.90. The van der Waals surface area contributed by atoms with E-state index < -0.39 is 0 Å². The van der Waals surface area contributed by atoms with Crippen molar-refractivity contribution in [2.45, 2.75) is 6.54 Å². The Bertz CT molecular complexity index is 1050. The number of benzene rings is 2. The average molecular weight is 326 g/mol. The topological polar surface area (TPSA) is 79.4 Å². The van der Waals surface area contributed by atoms with Gasteiger partial charge in [0.05, 0.1) is 35.2 Å². The molecule has 1 N–H and O–H groups in total. The van der Waals surface area contributed by atoms with E-state index in [0.29, 0.717) is 17.8 Å². The van der Waals surface area contributed by atoms with Crippen molar-refractivity contribution in [3.8, 4) is 6.07 Å². The summed E-state index contributed by atoms with van der Waals surface area (Å²) in [6.45, 7) is 0.386. The van der Waals surface area contributed by atoms with Gasteiger partial charge in [-0.25, -0.2) is 9.67 Å². The summed E-state index contributed by atoms with van der Waals surface area (Å²) in [5.41, 5.74) is 3.68. The van der Waals surface area contributed by atoms with Gasteiger partial charge in [-0.15, -0.1) is 5.10 Å². The van der Waals surface area contributed by atoms with Crippen LogP contribution in [0.3, 0.4) is 0 Å². The zero-order valence-corrected chi connectivity index (χ0v) is 13.3. The van der Waals surface area contributed by atoms with E-state index in [4.69, 9.17) is 0 Å². The molecule has 0 atom stereocenters. The van der Waals surface area contributed by atoms with Gasteiger partial charge < -0.3 is 5.32 Å². The summed E-state index contributed by atoms with van der Waals surface area (Å²) >= 11 is 0. The van der Waals surface area contributed by atoms with Crippen LogP contribution in [-0.2, 0) is 6.54 Å². The summed E-state index contributed by atoms with van der Waals surface area (Å²) in [5, 5.41) is 21.9. The van der Waals surface area contributed by atoms with Gasteiger partial charge in [0.25, 0.3) is 0 Å². The quantitative estimate of drug-likeness (QED) is 0.621. The molecule has 2 aromatic heterocycles.